The highest BCUT2D eigenvalue weighted by Crippen LogP contribution is 2.44. The fourth-order valence-electron chi connectivity index (χ4n) is 4.81. The molecule has 5 nitrogen and oxygen atoms in total. The number of rotatable bonds is 2. The zero-order valence-electron chi connectivity index (χ0n) is 14.1. The Kier molecular flexibility index (Phi) is 4.49. The van der Waals surface area contributed by atoms with Crippen LogP contribution in [0.2, 0.25) is 0 Å². The summed E-state index contributed by atoms with van der Waals surface area (Å²) in [6.45, 7) is 7.00. The summed E-state index contributed by atoms with van der Waals surface area (Å²) in [5.74, 6) is 1.03. The Labute approximate surface area is 139 Å². The van der Waals surface area contributed by atoms with Gasteiger partial charge in [0, 0.05) is 44.6 Å². The van der Waals surface area contributed by atoms with Crippen molar-refractivity contribution in [2.24, 2.45) is 5.41 Å². The van der Waals surface area contributed by atoms with E-state index in [-0.39, 0.29) is 0 Å². The van der Waals surface area contributed by atoms with Crippen molar-refractivity contribution in [2.45, 2.75) is 44.6 Å². The minimum Gasteiger partial charge on any atom is -0.353 e. The number of piperazine rings is 1. The fourth-order valence-corrected chi connectivity index (χ4v) is 4.81. The summed E-state index contributed by atoms with van der Waals surface area (Å²) in [4.78, 5) is 13.7. The first-order valence-electron chi connectivity index (χ1n) is 9.30. The van der Waals surface area contributed by atoms with Gasteiger partial charge in [0.1, 0.15) is 5.82 Å². The lowest BCUT2D eigenvalue weighted by Crippen LogP contribution is -2.52. The number of anilines is 1. The molecular formula is C18H29N5. The van der Waals surface area contributed by atoms with E-state index in [0.29, 0.717) is 5.41 Å². The summed E-state index contributed by atoms with van der Waals surface area (Å²) < 4.78 is 0. The van der Waals surface area contributed by atoms with Gasteiger partial charge in [-0.3, -0.25) is 9.88 Å². The Balaban J connectivity index is 1.28. The van der Waals surface area contributed by atoms with Crippen LogP contribution in [0.1, 0.15) is 38.5 Å². The number of nitrogens with zero attached hydrogens (tertiary/aromatic N) is 4. The standard InChI is InChI=1S/C18H29N5/c1-3-18(5-7-19-8-6-18)4-2-16(1)22-11-13-23(14-12-22)17-15-20-9-10-21-17/h9-10,15-16,19H,1-8,11-14H2. The molecule has 0 bridgehead atoms. The average molecular weight is 315 g/mol. The van der Waals surface area contributed by atoms with Crippen molar-refractivity contribution in [1.29, 1.82) is 0 Å². The minimum atomic E-state index is 0.684. The van der Waals surface area contributed by atoms with Crippen LogP contribution in [-0.4, -0.2) is 60.2 Å². The van der Waals surface area contributed by atoms with Gasteiger partial charge in [0.2, 0.25) is 0 Å². The van der Waals surface area contributed by atoms with E-state index in [9.17, 15) is 0 Å². The second-order valence-electron chi connectivity index (χ2n) is 7.57. The van der Waals surface area contributed by atoms with Crippen LogP contribution in [0.15, 0.2) is 18.6 Å². The topological polar surface area (TPSA) is 44.3 Å². The lowest BCUT2D eigenvalue weighted by molar-refractivity contribution is 0.0626. The smallest absolute Gasteiger partial charge is 0.147 e. The third-order valence-corrected chi connectivity index (χ3v) is 6.38. The molecule has 0 aromatic carbocycles. The zero-order chi connectivity index (χ0) is 15.5. The summed E-state index contributed by atoms with van der Waals surface area (Å²) in [7, 11) is 0. The van der Waals surface area contributed by atoms with Gasteiger partial charge in [0.25, 0.3) is 0 Å². The molecule has 1 saturated carbocycles. The third-order valence-electron chi connectivity index (χ3n) is 6.38. The lowest BCUT2D eigenvalue weighted by atomic mass is 9.67. The zero-order valence-corrected chi connectivity index (χ0v) is 14.1. The summed E-state index contributed by atoms with van der Waals surface area (Å²) in [5, 5.41) is 3.52. The molecule has 23 heavy (non-hydrogen) atoms. The normalized spacial score (nSPS) is 26.5. The average Bonchev–Trinajstić information content (AvgIpc) is 2.64. The quantitative estimate of drug-likeness (QED) is 0.903. The van der Waals surface area contributed by atoms with Gasteiger partial charge in [-0.15, -0.1) is 0 Å². The Morgan fingerprint density at radius 1 is 0.957 bits per heavy atom. The lowest BCUT2D eigenvalue weighted by Gasteiger charge is -2.47. The van der Waals surface area contributed by atoms with Gasteiger partial charge < -0.3 is 10.2 Å². The van der Waals surface area contributed by atoms with Crippen LogP contribution >= 0.6 is 0 Å². The highest BCUT2D eigenvalue weighted by molar-refractivity contribution is 5.35. The maximum absolute atomic E-state index is 4.44. The molecule has 1 aliphatic carbocycles. The van der Waals surface area contributed by atoms with Crippen molar-refractivity contribution in [3.8, 4) is 0 Å². The Bertz CT molecular complexity index is 481. The molecular weight excluding hydrogens is 286 g/mol. The molecule has 1 spiro atoms. The van der Waals surface area contributed by atoms with Crippen LogP contribution in [0.5, 0.6) is 0 Å². The number of hydrogen-bond acceptors (Lipinski definition) is 5. The highest BCUT2D eigenvalue weighted by atomic mass is 15.3. The van der Waals surface area contributed by atoms with Crippen molar-refractivity contribution in [3.63, 3.8) is 0 Å². The highest BCUT2D eigenvalue weighted by Gasteiger charge is 2.38. The van der Waals surface area contributed by atoms with Crippen molar-refractivity contribution < 1.29 is 0 Å². The van der Waals surface area contributed by atoms with Gasteiger partial charge in [-0.05, 0) is 57.0 Å². The molecule has 2 saturated heterocycles. The number of hydrogen-bond donors (Lipinski definition) is 1. The maximum atomic E-state index is 4.44. The first-order valence-corrected chi connectivity index (χ1v) is 9.30. The number of piperidine rings is 1. The minimum absolute atomic E-state index is 0.684. The van der Waals surface area contributed by atoms with E-state index in [0.717, 1.165) is 24.9 Å². The molecule has 1 aromatic rings. The molecule has 0 unspecified atom stereocenters. The summed E-state index contributed by atoms with van der Waals surface area (Å²) >= 11 is 0. The van der Waals surface area contributed by atoms with E-state index in [1.165, 1.54) is 64.7 Å². The fraction of sp³-hybridized carbons (Fsp3) is 0.778. The molecule has 126 valence electrons. The molecule has 0 radical (unpaired) electrons. The molecule has 1 aromatic heterocycles. The van der Waals surface area contributed by atoms with Crippen LogP contribution in [0, 0.1) is 5.41 Å². The third kappa shape index (κ3) is 3.36. The number of aromatic nitrogens is 2. The molecule has 2 aliphatic heterocycles. The molecule has 3 aliphatic rings. The van der Waals surface area contributed by atoms with Gasteiger partial charge in [0.05, 0.1) is 6.20 Å². The van der Waals surface area contributed by atoms with Crippen molar-refractivity contribution in [3.05, 3.63) is 18.6 Å². The van der Waals surface area contributed by atoms with Crippen molar-refractivity contribution >= 4 is 5.82 Å². The van der Waals surface area contributed by atoms with Crippen LogP contribution in [-0.2, 0) is 0 Å². The first-order chi connectivity index (χ1) is 11.3. The Hall–Kier alpha value is -1.20. The van der Waals surface area contributed by atoms with Gasteiger partial charge in [-0.1, -0.05) is 0 Å². The van der Waals surface area contributed by atoms with Gasteiger partial charge in [-0.2, -0.15) is 0 Å². The van der Waals surface area contributed by atoms with E-state index in [1.807, 2.05) is 6.20 Å². The first kappa shape index (κ1) is 15.3. The van der Waals surface area contributed by atoms with E-state index < -0.39 is 0 Å². The molecule has 1 N–H and O–H groups in total. The predicted molar refractivity (Wildman–Crippen MR) is 92.6 cm³/mol. The summed E-state index contributed by atoms with van der Waals surface area (Å²) in [5.41, 5.74) is 0.684. The molecule has 4 rings (SSSR count). The van der Waals surface area contributed by atoms with E-state index in [2.05, 4.69) is 25.1 Å². The second kappa shape index (κ2) is 6.73. The van der Waals surface area contributed by atoms with Crippen LogP contribution < -0.4 is 10.2 Å². The van der Waals surface area contributed by atoms with Crippen LogP contribution in [0.3, 0.4) is 0 Å². The van der Waals surface area contributed by atoms with Crippen LogP contribution in [0.4, 0.5) is 5.82 Å². The van der Waals surface area contributed by atoms with E-state index in [1.54, 1.807) is 12.4 Å². The molecule has 5 heteroatoms. The van der Waals surface area contributed by atoms with Crippen LogP contribution in [0.25, 0.3) is 0 Å². The van der Waals surface area contributed by atoms with E-state index in [4.69, 9.17) is 0 Å². The van der Waals surface area contributed by atoms with Gasteiger partial charge in [-0.25, -0.2) is 4.98 Å². The predicted octanol–water partition coefficient (Wildman–Crippen LogP) is 1.91. The van der Waals surface area contributed by atoms with Crippen molar-refractivity contribution in [2.75, 3.05) is 44.2 Å². The molecule has 0 amide bonds. The molecule has 0 atom stereocenters. The molecule has 3 heterocycles. The Morgan fingerprint density at radius 2 is 1.70 bits per heavy atom. The maximum Gasteiger partial charge on any atom is 0.147 e. The Morgan fingerprint density at radius 3 is 2.35 bits per heavy atom. The second-order valence-corrected chi connectivity index (χ2v) is 7.57. The van der Waals surface area contributed by atoms with Gasteiger partial charge >= 0.3 is 0 Å². The van der Waals surface area contributed by atoms with Crippen molar-refractivity contribution in [1.82, 2.24) is 20.2 Å². The summed E-state index contributed by atoms with van der Waals surface area (Å²) in [6, 6.07) is 0.819. The molecule has 3 fully saturated rings. The largest absolute Gasteiger partial charge is 0.353 e. The summed E-state index contributed by atoms with van der Waals surface area (Å²) in [6.07, 6.45) is 13.9. The monoisotopic (exact) mass is 315 g/mol. The van der Waals surface area contributed by atoms with Gasteiger partial charge in [0.15, 0.2) is 0 Å². The SMILES string of the molecule is c1cnc(N2CCN(C3CCC4(CCNCC4)CC3)CC2)cn1. The van der Waals surface area contributed by atoms with E-state index >= 15 is 0 Å². The number of nitrogens with one attached hydrogen (secondary N) is 1.